The van der Waals surface area contributed by atoms with Crippen molar-refractivity contribution in [2.45, 2.75) is 13.3 Å². The van der Waals surface area contributed by atoms with Crippen LogP contribution in [0.15, 0.2) is 65.1 Å². The summed E-state index contributed by atoms with van der Waals surface area (Å²) in [5.74, 6) is -0.0130. The van der Waals surface area contributed by atoms with Crippen LogP contribution in [0.5, 0.6) is 0 Å². The van der Waals surface area contributed by atoms with Crippen LogP contribution < -0.4 is 5.32 Å². The third-order valence-electron chi connectivity index (χ3n) is 3.63. The van der Waals surface area contributed by atoms with Crippen LogP contribution in [-0.4, -0.2) is 5.91 Å². The van der Waals surface area contributed by atoms with E-state index in [9.17, 15) is 4.79 Å². The lowest BCUT2D eigenvalue weighted by Crippen LogP contribution is -2.15. The SMILES string of the molecule is Cc1ccc(NC(=O)Cc2cccc3ccccc23)c(Br)c1. The molecule has 0 unspecified atom stereocenters. The molecule has 3 aromatic carbocycles. The van der Waals surface area contributed by atoms with Crippen LogP contribution in [0.25, 0.3) is 10.8 Å². The summed E-state index contributed by atoms with van der Waals surface area (Å²) in [4.78, 5) is 12.3. The Morgan fingerprint density at radius 1 is 1.05 bits per heavy atom. The number of carbonyl (C=O) groups is 1. The van der Waals surface area contributed by atoms with Gasteiger partial charge in [-0.1, -0.05) is 48.5 Å². The highest BCUT2D eigenvalue weighted by molar-refractivity contribution is 9.10. The van der Waals surface area contributed by atoms with Gasteiger partial charge in [-0.05, 0) is 56.9 Å². The van der Waals surface area contributed by atoms with Gasteiger partial charge in [-0.2, -0.15) is 0 Å². The van der Waals surface area contributed by atoms with E-state index in [1.807, 2.05) is 49.4 Å². The summed E-state index contributed by atoms with van der Waals surface area (Å²) in [6.07, 6.45) is 0.363. The van der Waals surface area contributed by atoms with E-state index in [2.05, 4.69) is 39.4 Å². The molecule has 3 aromatic rings. The molecule has 0 aliphatic heterocycles. The Hall–Kier alpha value is -2.13. The molecular weight excluding hydrogens is 338 g/mol. The minimum Gasteiger partial charge on any atom is -0.325 e. The van der Waals surface area contributed by atoms with E-state index in [0.29, 0.717) is 6.42 Å². The summed E-state index contributed by atoms with van der Waals surface area (Å²) in [5, 5.41) is 5.25. The second-order valence-corrected chi connectivity index (χ2v) is 6.20. The number of aryl methyl sites for hydroxylation is 1. The van der Waals surface area contributed by atoms with Crippen molar-refractivity contribution in [2.24, 2.45) is 0 Å². The third-order valence-corrected chi connectivity index (χ3v) is 4.29. The normalized spacial score (nSPS) is 10.6. The predicted molar refractivity (Wildman–Crippen MR) is 95.2 cm³/mol. The quantitative estimate of drug-likeness (QED) is 0.697. The molecule has 22 heavy (non-hydrogen) atoms. The first-order valence-corrected chi connectivity index (χ1v) is 7.95. The van der Waals surface area contributed by atoms with Crippen LogP contribution >= 0.6 is 15.9 Å². The number of rotatable bonds is 3. The zero-order chi connectivity index (χ0) is 15.5. The molecule has 0 heterocycles. The smallest absolute Gasteiger partial charge is 0.228 e. The van der Waals surface area contributed by atoms with E-state index in [1.54, 1.807) is 0 Å². The summed E-state index contributed by atoms with van der Waals surface area (Å²) in [5.41, 5.74) is 2.99. The van der Waals surface area contributed by atoms with E-state index in [-0.39, 0.29) is 5.91 Å². The lowest BCUT2D eigenvalue weighted by molar-refractivity contribution is -0.115. The van der Waals surface area contributed by atoms with Gasteiger partial charge in [-0.25, -0.2) is 0 Å². The topological polar surface area (TPSA) is 29.1 Å². The molecule has 0 radical (unpaired) electrons. The number of hydrogen-bond donors (Lipinski definition) is 1. The first-order chi connectivity index (χ1) is 10.6. The van der Waals surface area contributed by atoms with Crippen LogP contribution in [0.2, 0.25) is 0 Å². The number of fused-ring (bicyclic) bond motifs is 1. The van der Waals surface area contributed by atoms with Crippen LogP contribution in [0.4, 0.5) is 5.69 Å². The zero-order valence-electron chi connectivity index (χ0n) is 12.3. The maximum Gasteiger partial charge on any atom is 0.228 e. The van der Waals surface area contributed by atoms with Crippen LogP contribution in [0.1, 0.15) is 11.1 Å². The van der Waals surface area contributed by atoms with Crippen molar-refractivity contribution in [3.05, 3.63) is 76.3 Å². The van der Waals surface area contributed by atoms with Gasteiger partial charge in [0.1, 0.15) is 0 Å². The molecule has 0 aliphatic rings. The molecule has 0 saturated heterocycles. The van der Waals surface area contributed by atoms with E-state index >= 15 is 0 Å². The molecule has 0 spiro atoms. The second-order valence-electron chi connectivity index (χ2n) is 5.35. The number of halogens is 1. The summed E-state index contributed by atoms with van der Waals surface area (Å²) >= 11 is 3.49. The van der Waals surface area contributed by atoms with Crippen molar-refractivity contribution < 1.29 is 4.79 Å². The lowest BCUT2D eigenvalue weighted by Gasteiger charge is -2.10. The van der Waals surface area contributed by atoms with Gasteiger partial charge in [0.2, 0.25) is 5.91 Å². The summed E-state index contributed by atoms with van der Waals surface area (Å²) < 4.78 is 0.902. The van der Waals surface area contributed by atoms with Gasteiger partial charge in [-0.3, -0.25) is 4.79 Å². The highest BCUT2D eigenvalue weighted by Crippen LogP contribution is 2.24. The number of benzene rings is 3. The van der Waals surface area contributed by atoms with Gasteiger partial charge in [0, 0.05) is 4.47 Å². The number of anilines is 1. The van der Waals surface area contributed by atoms with Crippen molar-refractivity contribution in [3.63, 3.8) is 0 Å². The van der Waals surface area contributed by atoms with Crippen molar-refractivity contribution >= 4 is 38.3 Å². The van der Waals surface area contributed by atoms with Gasteiger partial charge in [0.05, 0.1) is 12.1 Å². The van der Waals surface area contributed by atoms with Crippen molar-refractivity contribution in [1.82, 2.24) is 0 Å². The Morgan fingerprint density at radius 2 is 1.82 bits per heavy atom. The van der Waals surface area contributed by atoms with Crippen LogP contribution in [0, 0.1) is 6.92 Å². The Balaban J connectivity index is 1.81. The van der Waals surface area contributed by atoms with E-state index < -0.39 is 0 Å². The molecule has 3 rings (SSSR count). The molecule has 0 aliphatic carbocycles. The van der Waals surface area contributed by atoms with Gasteiger partial charge < -0.3 is 5.32 Å². The molecular formula is C19H16BrNO. The maximum atomic E-state index is 12.3. The molecule has 0 aromatic heterocycles. The minimum atomic E-state index is -0.0130. The molecule has 1 amide bonds. The van der Waals surface area contributed by atoms with E-state index in [0.717, 1.165) is 32.1 Å². The first kappa shape index (κ1) is 14.8. The first-order valence-electron chi connectivity index (χ1n) is 7.16. The fourth-order valence-corrected chi connectivity index (χ4v) is 3.13. The van der Waals surface area contributed by atoms with Gasteiger partial charge in [0.25, 0.3) is 0 Å². The molecule has 0 bridgehead atoms. The van der Waals surface area contributed by atoms with Crippen LogP contribution in [0.3, 0.4) is 0 Å². The number of nitrogens with one attached hydrogen (secondary N) is 1. The summed E-state index contributed by atoms with van der Waals surface area (Å²) in [6, 6.07) is 20.1. The largest absolute Gasteiger partial charge is 0.325 e. The average molecular weight is 354 g/mol. The van der Waals surface area contributed by atoms with E-state index in [4.69, 9.17) is 0 Å². The fourth-order valence-electron chi connectivity index (χ4n) is 2.54. The summed E-state index contributed by atoms with van der Waals surface area (Å²) in [6.45, 7) is 2.02. The highest BCUT2D eigenvalue weighted by Gasteiger charge is 2.09. The number of hydrogen-bond acceptors (Lipinski definition) is 1. The Labute approximate surface area is 138 Å². The number of amides is 1. The van der Waals surface area contributed by atoms with Crippen molar-refractivity contribution in [1.29, 1.82) is 0 Å². The molecule has 0 fully saturated rings. The predicted octanol–water partition coefficient (Wildman–Crippen LogP) is 5.09. The van der Waals surface area contributed by atoms with E-state index in [1.165, 1.54) is 0 Å². The molecule has 0 atom stereocenters. The molecule has 110 valence electrons. The fraction of sp³-hybridized carbons (Fsp3) is 0.105. The van der Waals surface area contributed by atoms with Crippen molar-refractivity contribution in [2.75, 3.05) is 5.32 Å². The Kier molecular flexibility index (Phi) is 4.25. The zero-order valence-corrected chi connectivity index (χ0v) is 13.9. The monoisotopic (exact) mass is 353 g/mol. The maximum absolute atomic E-state index is 12.3. The molecule has 1 N–H and O–H groups in total. The third kappa shape index (κ3) is 3.20. The van der Waals surface area contributed by atoms with Crippen molar-refractivity contribution in [3.8, 4) is 0 Å². The van der Waals surface area contributed by atoms with Crippen LogP contribution in [-0.2, 0) is 11.2 Å². The minimum absolute atomic E-state index is 0.0130. The Morgan fingerprint density at radius 3 is 2.64 bits per heavy atom. The Bertz CT molecular complexity index is 836. The highest BCUT2D eigenvalue weighted by atomic mass is 79.9. The van der Waals surface area contributed by atoms with Gasteiger partial charge in [-0.15, -0.1) is 0 Å². The molecule has 2 nitrogen and oxygen atoms in total. The summed E-state index contributed by atoms with van der Waals surface area (Å²) in [7, 11) is 0. The molecule has 3 heteroatoms. The lowest BCUT2D eigenvalue weighted by atomic mass is 10.0. The number of carbonyl (C=O) groups excluding carboxylic acids is 1. The van der Waals surface area contributed by atoms with Gasteiger partial charge >= 0.3 is 0 Å². The van der Waals surface area contributed by atoms with Gasteiger partial charge in [0.15, 0.2) is 0 Å². The molecule has 0 saturated carbocycles. The standard InChI is InChI=1S/C19H16BrNO/c1-13-9-10-18(17(20)11-13)21-19(22)12-15-7-4-6-14-5-2-3-8-16(14)15/h2-11H,12H2,1H3,(H,21,22). The second kappa shape index (κ2) is 6.32. The average Bonchev–Trinajstić information content (AvgIpc) is 2.50.